The molecule has 8 heteroatoms. The molecule has 0 aliphatic carbocycles. The van der Waals surface area contributed by atoms with E-state index in [0.717, 1.165) is 39.0 Å². The van der Waals surface area contributed by atoms with Crippen molar-refractivity contribution in [3.05, 3.63) is 100.0 Å². The van der Waals surface area contributed by atoms with Gasteiger partial charge in [-0.3, -0.25) is 4.79 Å². The van der Waals surface area contributed by atoms with Gasteiger partial charge in [-0.25, -0.2) is 4.98 Å². The van der Waals surface area contributed by atoms with E-state index in [2.05, 4.69) is 28.5 Å². The van der Waals surface area contributed by atoms with Crippen LogP contribution in [0, 0.1) is 6.92 Å². The zero-order valence-electron chi connectivity index (χ0n) is 19.9. The van der Waals surface area contributed by atoms with Gasteiger partial charge in [-0.2, -0.15) is 22.9 Å². The number of aromatic nitrogens is 3. The molecule has 36 heavy (non-hydrogen) atoms. The van der Waals surface area contributed by atoms with Gasteiger partial charge < -0.3 is 4.57 Å². The van der Waals surface area contributed by atoms with Crippen LogP contribution in [0.15, 0.2) is 82.7 Å². The Bertz CT molecular complexity index is 1690. The lowest BCUT2D eigenvalue weighted by atomic mass is 10.1. The molecule has 0 saturated carbocycles. The molecule has 0 N–H and O–H groups in total. The number of hydrogen-bond acceptors (Lipinski definition) is 3. The predicted molar refractivity (Wildman–Crippen MR) is 136 cm³/mol. The average molecular weight is 489 g/mol. The molecular formula is C28H23F3N4O. The highest BCUT2D eigenvalue weighted by Crippen LogP contribution is 2.32. The Morgan fingerprint density at radius 2 is 1.64 bits per heavy atom. The van der Waals surface area contributed by atoms with Crippen molar-refractivity contribution >= 4 is 28.0 Å². The van der Waals surface area contributed by atoms with E-state index in [-0.39, 0.29) is 17.4 Å². The Labute approximate surface area is 205 Å². The van der Waals surface area contributed by atoms with Crippen LogP contribution < -0.4 is 5.56 Å². The molecule has 0 unspecified atom stereocenters. The van der Waals surface area contributed by atoms with E-state index in [4.69, 9.17) is 0 Å². The quantitative estimate of drug-likeness (QED) is 0.261. The fraction of sp³-hybridized carbons (Fsp3) is 0.179. The molecule has 0 amide bonds. The van der Waals surface area contributed by atoms with E-state index < -0.39 is 17.3 Å². The molecule has 0 aliphatic rings. The summed E-state index contributed by atoms with van der Waals surface area (Å²) in [6.45, 7) is 6.16. The second-order valence-corrected chi connectivity index (χ2v) is 8.87. The molecule has 0 radical (unpaired) electrons. The third-order valence-corrected chi connectivity index (χ3v) is 6.23. The number of benzene rings is 3. The minimum atomic E-state index is -4.53. The average Bonchev–Trinajstić information content (AvgIpc) is 3.14. The summed E-state index contributed by atoms with van der Waals surface area (Å²) in [4.78, 5) is 18.0. The minimum absolute atomic E-state index is 0.0336. The highest BCUT2D eigenvalue weighted by molar-refractivity contribution is 6.01. The van der Waals surface area contributed by atoms with Gasteiger partial charge >= 0.3 is 6.18 Å². The smallest absolute Gasteiger partial charge is 0.342 e. The Hall–Kier alpha value is -4.20. The molecule has 2 heterocycles. The topological polar surface area (TPSA) is 52.2 Å². The van der Waals surface area contributed by atoms with Crippen LogP contribution in [-0.2, 0) is 6.18 Å². The number of fused-ring (bicyclic) bond motifs is 2. The Morgan fingerprint density at radius 3 is 2.36 bits per heavy atom. The van der Waals surface area contributed by atoms with Gasteiger partial charge in [0.15, 0.2) is 5.82 Å². The van der Waals surface area contributed by atoms with Gasteiger partial charge in [0, 0.05) is 33.8 Å². The zero-order chi connectivity index (χ0) is 25.6. The van der Waals surface area contributed by atoms with Crippen LogP contribution in [0.1, 0.15) is 36.7 Å². The van der Waals surface area contributed by atoms with Crippen molar-refractivity contribution in [3.63, 3.8) is 0 Å². The van der Waals surface area contributed by atoms with E-state index >= 15 is 0 Å². The van der Waals surface area contributed by atoms with Gasteiger partial charge in [-0.15, -0.1) is 0 Å². The van der Waals surface area contributed by atoms with Crippen LogP contribution >= 0.6 is 0 Å². The number of halogens is 3. The van der Waals surface area contributed by atoms with E-state index in [1.807, 2.05) is 31.2 Å². The van der Waals surface area contributed by atoms with Crippen molar-refractivity contribution in [2.75, 3.05) is 0 Å². The third kappa shape index (κ3) is 3.98. The molecule has 0 bridgehead atoms. The maximum absolute atomic E-state index is 13.5. The first-order valence-corrected chi connectivity index (χ1v) is 11.5. The van der Waals surface area contributed by atoms with E-state index in [1.54, 1.807) is 30.5 Å². The summed E-state index contributed by atoms with van der Waals surface area (Å²) < 4.78 is 43.5. The highest BCUT2D eigenvalue weighted by Gasteiger charge is 2.31. The fourth-order valence-electron chi connectivity index (χ4n) is 4.61. The zero-order valence-corrected chi connectivity index (χ0v) is 19.9. The van der Waals surface area contributed by atoms with Crippen molar-refractivity contribution in [3.8, 4) is 11.4 Å². The second kappa shape index (κ2) is 8.78. The number of nitrogens with zero attached hydrogens (tertiary/aromatic N) is 4. The van der Waals surface area contributed by atoms with Gasteiger partial charge in [-0.05, 0) is 51.1 Å². The predicted octanol–water partition coefficient (Wildman–Crippen LogP) is 6.81. The summed E-state index contributed by atoms with van der Waals surface area (Å²) in [6, 6.07) is 19.6. The van der Waals surface area contributed by atoms with Crippen molar-refractivity contribution in [2.24, 2.45) is 5.10 Å². The number of rotatable bonds is 4. The standard InChI is InChI=1S/C28H23F3N4O/c1-17(2)34-18(3)23(21-11-5-7-14-25(21)34)16-32-35-26(19-9-8-10-20(15-19)28(29,30)31)33-24-13-6-4-12-22(24)27(35)36/h4-17H,1-3H3. The molecular weight excluding hydrogens is 465 g/mol. The van der Waals surface area contributed by atoms with Crippen LogP contribution in [-0.4, -0.2) is 20.4 Å². The summed E-state index contributed by atoms with van der Waals surface area (Å²) in [5, 5.41) is 5.79. The summed E-state index contributed by atoms with van der Waals surface area (Å²) >= 11 is 0. The SMILES string of the molecule is Cc1c(C=Nn2c(-c3cccc(C(F)(F)F)c3)nc3ccccc3c2=O)c2ccccc2n1C(C)C. The van der Waals surface area contributed by atoms with Gasteiger partial charge in [-0.1, -0.05) is 42.5 Å². The maximum atomic E-state index is 13.5. The summed E-state index contributed by atoms with van der Waals surface area (Å²) in [6.07, 6.45) is -2.94. The first-order chi connectivity index (χ1) is 17.2. The second-order valence-electron chi connectivity index (χ2n) is 8.87. The number of para-hydroxylation sites is 2. The monoisotopic (exact) mass is 488 g/mol. The molecule has 5 nitrogen and oxygen atoms in total. The summed E-state index contributed by atoms with van der Waals surface area (Å²) in [5.74, 6) is 0.0336. The van der Waals surface area contributed by atoms with Crippen LogP contribution in [0.5, 0.6) is 0 Å². The molecule has 0 fully saturated rings. The maximum Gasteiger partial charge on any atom is 0.416 e. The van der Waals surface area contributed by atoms with Gasteiger partial charge in [0.1, 0.15) is 0 Å². The molecule has 0 atom stereocenters. The van der Waals surface area contributed by atoms with E-state index in [0.29, 0.717) is 10.9 Å². The van der Waals surface area contributed by atoms with Crippen LogP contribution in [0.2, 0.25) is 0 Å². The molecule has 0 saturated heterocycles. The summed E-state index contributed by atoms with van der Waals surface area (Å²) in [5.41, 5.74) is 2.07. The first-order valence-electron chi connectivity index (χ1n) is 11.5. The lowest BCUT2D eigenvalue weighted by molar-refractivity contribution is -0.137. The fourth-order valence-corrected chi connectivity index (χ4v) is 4.61. The van der Waals surface area contributed by atoms with Crippen LogP contribution in [0.3, 0.4) is 0 Å². The van der Waals surface area contributed by atoms with Crippen molar-refractivity contribution in [2.45, 2.75) is 33.0 Å². The van der Waals surface area contributed by atoms with E-state index in [1.165, 1.54) is 12.1 Å². The largest absolute Gasteiger partial charge is 0.416 e. The number of alkyl halides is 3. The lowest BCUT2D eigenvalue weighted by Crippen LogP contribution is -2.20. The normalized spacial score (nSPS) is 12.4. The Balaban J connectivity index is 1.76. The van der Waals surface area contributed by atoms with Crippen LogP contribution in [0.4, 0.5) is 13.2 Å². The molecule has 2 aromatic heterocycles. The van der Waals surface area contributed by atoms with Gasteiger partial charge in [0.25, 0.3) is 5.56 Å². The van der Waals surface area contributed by atoms with Crippen molar-refractivity contribution in [1.29, 1.82) is 0 Å². The van der Waals surface area contributed by atoms with Crippen LogP contribution in [0.25, 0.3) is 33.2 Å². The van der Waals surface area contributed by atoms with E-state index in [9.17, 15) is 18.0 Å². The van der Waals surface area contributed by atoms with Gasteiger partial charge in [0.2, 0.25) is 0 Å². The van der Waals surface area contributed by atoms with Gasteiger partial charge in [0.05, 0.1) is 22.7 Å². The Morgan fingerprint density at radius 1 is 0.944 bits per heavy atom. The molecule has 5 aromatic rings. The molecule has 182 valence electrons. The van der Waals surface area contributed by atoms with Crippen molar-refractivity contribution < 1.29 is 13.2 Å². The Kier molecular flexibility index (Phi) is 5.74. The third-order valence-electron chi connectivity index (χ3n) is 6.23. The molecule has 0 aliphatic heterocycles. The minimum Gasteiger partial charge on any atom is -0.342 e. The highest BCUT2D eigenvalue weighted by atomic mass is 19.4. The molecule has 3 aromatic carbocycles. The first kappa shape index (κ1) is 23.5. The summed E-state index contributed by atoms with van der Waals surface area (Å²) in [7, 11) is 0. The lowest BCUT2D eigenvalue weighted by Gasteiger charge is -2.12. The van der Waals surface area contributed by atoms with Crippen molar-refractivity contribution in [1.82, 2.24) is 14.2 Å². The number of hydrogen-bond donors (Lipinski definition) is 0. The molecule has 0 spiro atoms. The molecule has 5 rings (SSSR count).